The van der Waals surface area contributed by atoms with Crippen LogP contribution in [-0.4, -0.2) is 0 Å². The molecule has 2 heteroatoms. The van der Waals surface area contributed by atoms with Crippen LogP contribution in [0.25, 0.3) is 5.57 Å². The highest BCUT2D eigenvalue weighted by Gasteiger charge is 2.14. The van der Waals surface area contributed by atoms with E-state index in [4.69, 9.17) is 11.6 Å². The molecular formula is C13H12ClF. The first-order chi connectivity index (χ1) is 7.22. The molecule has 0 saturated carbocycles. The van der Waals surface area contributed by atoms with Crippen LogP contribution in [0, 0.1) is 5.82 Å². The Morgan fingerprint density at radius 3 is 2.80 bits per heavy atom. The molecule has 15 heavy (non-hydrogen) atoms. The van der Waals surface area contributed by atoms with Gasteiger partial charge in [0.05, 0.1) is 5.02 Å². The molecule has 0 atom stereocenters. The van der Waals surface area contributed by atoms with Gasteiger partial charge in [-0.1, -0.05) is 30.3 Å². The maximum atomic E-state index is 13.3. The highest BCUT2D eigenvalue weighted by atomic mass is 35.5. The minimum atomic E-state index is -0.350. The summed E-state index contributed by atoms with van der Waals surface area (Å²) in [5, 5.41) is 0.178. The average Bonchev–Trinajstić information content (AvgIpc) is 2.70. The van der Waals surface area contributed by atoms with E-state index in [9.17, 15) is 4.39 Å². The second kappa shape index (κ2) is 4.19. The van der Waals surface area contributed by atoms with Gasteiger partial charge in [0, 0.05) is 0 Å². The zero-order chi connectivity index (χ0) is 10.8. The third kappa shape index (κ3) is 1.98. The summed E-state index contributed by atoms with van der Waals surface area (Å²) in [5.41, 5.74) is 3.38. The quantitative estimate of drug-likeness (QED) is 0.686. The number of hydrogen-bond acceptors (Lipinski definition) is 0. The summed E-state index contributed by atoms with van der Waals surface area (Å²) < 4.78 is 13.3. The normalized spacial score (nSPS) is 15.9. The van der Waals surface area contributed by atoms with Crippen molar-refractivity contribution in [2.75, 3.05) is 0 Å². The van der Waals surface area contributed by atoms with Gasteiger partial charge in [0.15, 0.2) is 0 Å². The van der Waals surface area contributed by atoms with E-state index in [1.807, 2.05) is 12.1 Å². The molecule has 1 aromatic carbocycles. The maximum absolute atomic E-state index is 13.3. The van der Waals surface area contributed by atoms with Gasteiger partial charge in [0.25, 0.3) is 0 Å². The Balaban J connectivity index is 2.45. The standard InChI is InChI=1S/C13H12ClF/c1-2-9-4-3-5-11(9)10-6-7-12(14)13(15)8-10/h2,6-8H,1,3-5H2. The van der Waals surface area contributed by atoms with Crippen molar-refractivity contribution < 1.29 is 4.39 Å². The van der Waals surface area contributed by atoms with Gasteiger partial charge in [-0.05, 0) is 48.1 Å². The SMILES string of the molecule is C=CC1=C(c2ccc(Cl)c(F)c2)CCC1. The molecule has 0 heterocycles. The lowest BCUT2D eigenvalue weighted by Crippen LogP contribution is -1.86. The lowest BCUT2D eigenvalue weighted by Gasteiger charge is -2.05. The number of benzene rings is 1. The van der Waals surface area contributed by atoms with Crippen molar-refractivity contribution in [3.05, 3.63) is 52.8 Å². The lowest BCUT2D eigenvalue weighted by atomic mass is 10.0. The molecule has 0 spiro atoms. The van der Waals surface area contributed by atoms with Crippen molar-refractivity contribution in [3.8, 4) is 0 Å². The lowest BCUT2D eigenvalue weighted by molar-refractivity contribution is 0.627. The van der Waals surface area contributed by atoms with Gasteiger partial charge in [0.1, 0.15) is 5.82 Å². The first kappa shape index (κ1) is 10.4. The minimum absolute atomic E-state index is 0.178. The largest absolute Gasteiger partial charge is 0.205 e. The van der Waals surface area contributed by atoms with Gasteiger partial charge in [-0.25, -0.2) is 4.39 Å². The van der Waals surface area contributed by atoms with Crippen LogP contribution in [0.15, 0.2) is 36.4 Å². The molecule has 0 N–H and O–H groups in total. The van der Waals surface area contributed by atoms with E-state index in [0.29, 0.717) is 0 Å². The third-order valence-electron chi connectivity index (χ3n) is 2.77. The molecule has 0 saturated heterocycles. The Labute approximate surface area is 94.1 Å². The smallest absolute Gasteiger partial charge is 0.142 e. The Morgan fingerprint density at radius 2 is 2.13 bits per heavy atom. The third-order valence-corrected chi connectivity index (χ3v) is 3.08. The van der Waals surface area contributed by atoms with Crippen LogP contribution in [0.3, 0.4) is 0 Å². The summed E-state index contributed by atoms with van der Waals surface area (Å²) in [7, 11) is 0. The van der Waals surface area contributed by atoms with E-state index in [0.717, 1.165) is 24.8 Å². The molecule has 0 unspecified atom stereocenters. The van der Waals surface area contributed by atoms with Gasteiger partial charge in [-0.2, -0.15) is 0 Å². The van der Waals surface area contributed by atoms with E-state index >= 15 is 0 Å². The van der Waals surface area contributed by atoms with Crippen molar-refractivity contribution in [1.82, 2.24) is 0 Å². The number of halogens is 2. The molecule has 0 radical (unpaired) electrons. The zero-order valence-corrected chi connectivity index (χ0v) is 9.15. The van der Waals surface area contributed by atoms with Crippen LogP contribution < -0.4 is 0 Å². The molecule has 0 bridgehead atoms. The first-order valence-corrected chi connectivity index (χ1v) is 5.40. The van der Waals surface area contributed by atoms with Gasteiger partial charge in [0.2, 0.25) is 0 Å². The summed E-state index contributed by atoms with van der Waals surface area (Å²) >= 11 is 5.65. The van der Waals surface area contributed by atoms with Gasteiger partial charge in [-0.3, -0.25) is 0 Å². The zero-order valence-electron chi connectivity index (χ0n) is 8.39. The Bertz CT molecular complexity index is 432. The van der Waals surface area contributed by atoms with E-state index < -0.39 is 0 Å². The number of allylic oxidation sites excluding steroid dienone is 3. The molecule has 0 nitrogen and oxygen atoms in total. The van der Waals surface area contributed by atoms with Crippen molar-refractivity contribution >= 4 is 17.2 Å². The molecule has 1 aromatic rings. The molecule has 1 aliphatic carbocycles. The second-order valence-corrected chi connectivity index (χ2v) is 4.10. The fourth-order valence-corrected chi connectivity index (χ4v) is 2.12. The summed E-state index contributed by atoms with van der Waals surface area (Å²) in [4.78, 5) is 0. The van der Waals surface area contributed by atoms with E-state index in [1.165, 1.54) is 17.2 Å². The summed E-state index contributed by atoms with van der Waals surface area (Å²) in [6.07, 6.45) is 5.04. The molecule has 1 aliphatic rings. The van der Waals surface area contributed by atoms with E-state index in [1.54, 1.807) is 6.07 Å². The fourth-order valence-electron chi connectivity index (χ4n) is 2.01. The number of hydrogen-bond donors (Lipinski definition) is 0. The second-order valence-electron chi connectivity index (χ2n) is 3.69. The van der Waals surface area contributed by atoms with Crippen LogP contribution in [-0.2, 0) is 0 Å². The van der Waals surface area contributed by atoms with Crippen molar-refractivity contribution in [3.63, 3.8) is 0 Å². The van der Waals surface area contributed by atoms with Gasteiger partial charge >= 0.3 is 0 Å². The highest BCUT2D eigenvalue weighted by molar-refractivity contribution is 6.30. The summed E-state index contributed by atoms with van der Waals surface area (Å²) in [6.45, 7) is 3.78. The monoisotopic (exact) mass is 222 g/mol. The Hall–Kier alpha value is -1.08. The summed E-state index contributed by atoms with van der Waals surface area (Å²) in [6, 6.07) is 4.99. The van der Waals surface area contributed by atoms with Crippen LogP contribution in [0.4, 0.5) is 4.39 Å². The molecule has 2 rings (SSSR count). The van der Waals surface area contributed by atoms with E-state index in [2.05, 4.69) is 6.58 Å². The average molecular weight is 223 g/mol. The predicted molar refractivity (Wildman–Crippen MR) is 62.4 cm³/mol. The predicted octanol–water partition coefficient (Wildman–Crippen LogP) is 4.60. The molecule has 0 amide bonds. The fraction of sp³-hybridized carbons (Fsp3) is 0.231. The Kier molecular flexibility index (Phi) is 2.92. The molecule has 78 valence electrons. The van der Waals surface area contributed by atoms with Gasteiger partial charge < -0.3 is 0 Å². The topological polar surface area (TPSA) is 0 Å². The molecular weight excluding hydrogens is 211 g/mol. The molecule has 0 fully saturated rings. The summed E-state index contributed by atoms with van der Waals surface area (Å²) in [5.74, 6) is -0.350. The van der Waals surface area contributed by atoms with E-state index in [-0.39, 0.29) is 10.8 Å². The Morgan fingerprint density at radius 1 is 1.33 bits per heavy atom. The maximum Gasteiger partial charge on any atom is 0.142 e. The first-order valence-electron chi connectivity index (χ1n) is 5.02. The van der Waals surface area contributed by atoms with Crippen molar-refractivity contribution in [1.29, 1.82) is 0 Å². The van der Waals surface area contributed by atoms with Crippen molar-refractivity contribution in [2.24, 2.45) is 0 Å². The van der Waals surface area contributed by atoms with Crippen LogP contribution in [0.2, 0.25) is 5.02 Å². The van der Waals surface area contributed by atoms with Crippen LogP contribution in [0.5, 0.6) is 0 Å². The minimum Gasteiger partial charge on any atom is -0.205 e. The number of rotatable bonds is 2. The highest BCUT2D eigenvalue weighted by Crippen LogP contribution is 2.35. The van der Waals surface area contributed by atoms with Crippen LogP contribution in [0.1, 0.15) is 24.8 Å². The van der Waals surface area contributed by atoms with Crippen molar-refractivity contribution in [2.45, 2.75) is 19.3 Å². The van der Waals surface area contributed by atoms with Gasteiger partial charge in [-0.15, -0.1) is 0 Å². The molecule has 0 aromatic heterocycles. The van der Waals surface area contributed by atoms with Crippen LogP contribution >= 0.6 is 11.6 Å². The molecule has 0 aliphatic heterocycles.